The number of nitrogens with zero attached hydrogens (tertiary/aromatic N) is 1. The van der Waals surface area contributed by atoms with Crippen molar-refractivity contribution in [1.82, 2.24) is 0 Å². The molecule has 2 nitrogen and oxygen atoms in total. The minimum atomic E-state index is 0.266. The van der Waals surface area contributed by atoms with Crippen molar-refractivity contribution in [2.75, 3.05) is 0 Å². The van der Waals surface area contributed by atoms with Gasteiger partial charge in [0.25, 0.3) is 0 Å². The first-order valence-electron chi connectivity index (χ1n) is 4.39. The quantitative estimate of drug-likeness (QED) is 0.738. The molecule has 0 aliphatic carbocycles. The summed E-state index contributed by atoms with van der Waals surface area (Å²) in [6.45, 7) is 0. The zero-order valence-electron chi connectivity index (χ0n) is 7.57. The number of aromatic hydroxyl groups is 1. The van der Waals surface area contributed by atoms with E-state index in [9.17, 15) is 5.11 Å². The molecule has 0 aromatic heterocycles. The Hall–Kier alpha value is -2.01. The van der Waals surface area contributed by atoms with E-state index in [0.29, 0.717) is 6.42 Å². The van der Waals surface area contributed by atoms with E-state index < -0.39 is 0 Å². The Morgan fingerprint density at radius 3 is 2.86 bits per heavy atom. The van der Waals surface area contributed by atoms with Crippen molar-refractivity contribution >= 4 is 10.8 Å². The summed E-state index contributed by atoms with van der Waals surface area (Å²) in [4.78, 5) is 0. The summed E-state index contributed by atoms with van der Waals surface area (Å²) in [5.41, 5.74) is 0.932. The zero-order chi connectivity index (χ0) is 9.97. The van der Waals surface area contributed by atoms with E-state index in [1.165, 1.54) is 0 Å². The molecule has 0 atom stereocenters. The Morgan fingerprint density at radius 2 is 2.07 bits per heavy atom. The highest BCUT2D eigenvalue weighted by molar-refractivity contribution is 5.88. The first kappa shape index (κ1) is 8.58. The first-order chi connectivity index (χ1) is 6.81. The van der Waals surface area contributed by atoms with Crippen LogP contribution in [0.5, 0.6) is 5.75 Å². The van der Waals surface area contributed by atoms with Gasteiger partial charge in [0, 0.05) is 5.39 Å². The maximum Gasteiger partial charge on any atom is 0.123 e. The monoisotopic (exact) mass is 183 g/mol. The van der Waals surface area contributed by atoms with Gasteiger partial charge in [0.15, 0.2) is 0 Å². The third-order valence-electron chi connectivity index (χ3n) is 2.21. The van der Waals surface area contributed by atoms with E-state index in [0.717, 1.165) is 16.3 Å². The van der Waals surface area contributed by atoms with Crippen LogP contribution in [0.15, 0.2) is 36.4 Å². The molecule has 2 aromatic carbocycles. The Kier molecular flexibility index (Phi) is 2.08. The lowest BCUT2D eigenvalue weighted by atomic mass is 10.0. The highest BCUT2D eigenvalue weighted by Gasteiger charge is 1.99. The van der Waals surface area contributed by atoms with Crippen molar-refractivity contribution in [3.05, 3.63) is 42.0 Å². The van der Waals surface area contributed by atoms with Crippen molar-refractivity contribution in [2.45, 2.75) is 6.42 Å². The fourth-order valence-corrected chi connectivity index (χ4v) is 1.50. The minimum Gasteiger partial charge on any atom is -0.507 e. The molecule has 1 N–H and O–H groups in total. The van der Waals surface area contributed by atoms with Crippen molar-refractivity contribution < 1.29 is 5.11 Å². The van der Waals surface area contributed by atoms with E-state index >= 15 is 0 Å². The fourth-order valence-electron chi connectivity index (χ4n) is 1.50. The summed E-state index contributed by atoms with van der Waals surface area (Å²) in [6.07, 6.45) is 0.379. The van der Waals surface area contributed by atoms with Gasteiger partial charge in [-0.15, -0.1) is 0 Å². The molecule has 0 aliphatic heterocycles. The van der Waals surface area contributed by atoms with Gasteiger partial charge < -0.3 is 5.11 Å². The number of hydrogen-bond donors (Lipinski definition) is 1. The standard InChI is InChI=1S/C12H9NO/c13-7-6-9-4-5-10-2-1-3-12(14)11(10)8-9/h1-5,8,14H,6H2. The summed E-state index contributed by atoms with van der Waals surface area (Å²) < 4.78 is 0. The van der Waals surface area contributed by atoms with Crippen LogP contribution >= 0.6 is 0 Å². The third-order valence-corrected chi connectivity index (χ3v) is 2.21. The molecular weight excluding hydrogens is 174 g/mol. The number of hydrogen-bond acceptors (Lipinski definition) is 2. The smallest absolute Gasteiger partial charge is 0.123 e. The Balaban J connectivity index is 2.65. The highest BCUT2D eigenvalue weighted by atomic mass is 16.3. The molecular formula is C12H9NO. The van der Waals surface area contributed by atoms with Crippen molar-refractivity contribution in [2.24, 2.45) is 0 Å². The second kappa shape index (κ2) is 3.39. The zero-order valence-corrected chi connectivity index (χ0v) is 7.57. The number of rotatable bonds is 1. The lowest BCUT2D eigenvalue weighted by Crippen LogP contribution is -1.81. The number of fused-ring (bicyclic) bond motifs is 1. The summed E-state index contributed by atoms with van der Waals surface area (Å²) in [7, 11) is 0. The lowest BCUT2D eigenvalue weighted by molar-refractivity contribution is 0.481. The van der Waals surface area contributed by atoms with Crippen molar-refractivity contribution in [1.29, 1.82) is 5.26 Å². The van der Waals surface area contributed by atoms with Gasteiger partial charge in [-0.25, -0.2) is 0 Å². The van der Waals surface area contributed by atoms with Crippen LogP contribution in [0, 0.1) is 11.3 Å². The van der Waals surface area contributed by atoms with Crippen LogP contribution in [0.4, 0.5) is 0 Å². The maximum absolute atomic E-state index is 9.58. The maximum atomic E-state index is 9.58. The second-order valence-electron chi connectivity index (χ2n) is 3.17. The van der Waals surface area contributed by atoms with Gasteiger partial charge in [-0.05, 0) is 23.1 Å². The molecule has 0 amide bonds. The predicted octanol–water partition coefficient (Wildman–Crippen LogP) is 2.61. The predicted molar refractivity (Wildman–Crippen MR) is 54.9 cm³/mol. The molecule has 0 radical (unpaired) electrons. The molecule has 0 aliphatic rings. The Bertz CT molecular complexity index is 511. The summed E-state index contributed by atoms with van der Waals surface area (Å²) in [6, 6.07) is 13.2. The van der Waals surface area contributed by atoms with Gasteiger partial charge in [0.05, 0.1) is 12.5 Å². The molecule has 0 fully saturated rings. The SMILES string of the molecule is N#CCc1ccc2cccc(O)c2c1. The van der Waals surface area contributed by atoms with Gasteiger partial charge in [-0.3, -0.25) is 0 Å². The topological polar surface area (TPSA) is 44.0 Å². The van der Waals surface area contributed by atoms with Crippen LogP contribution in [0.1, 0.15) is 5.56 Å². The van der Waals surface area contributed by atoms with Crippen molar-refractivity contribution in [3.63, 3.8) is 0 Å². The summed E-state index contributed by atoms with van der Waals surface area (Å²) in [5.74, 6) is 0.266. The summed E-state index contributed by atoms with van der Waals surface area (Å²) >= 11 is 0. The average molecular weight is 183 g/mol. The molecule has 0 unspecified atom stereocenters. The van der Waals surface area contributed by atoms with E-state index in [-0.39, 0.29) is 5.75 Å². The normalized spacial score (nSPS) is 9.93. The van der Waals surface area contributed by atoms with Gasteiger partial charge in [-0.2, -0.15) is 5.26 Å². The molecule has 2 rings (SSSR count). The van der Waals surface area contributed by atoms with Gasteiger partial charge in [-0.1, -0.05) is 24.3 Å². The van der Waals surface area contributed by atoms with E-state index in [2.05, 4.69) is 6.07 Å². The third kappa shape index (κ3) is 1.40. The van der Waals surface area contributed by atoms with Gasteiger partial charge in [0.1, 0.15) is 5.75 Å². The van der Waals surface area contributed by atoms with Crippen LogP contribution in [0.3, 0.4) is 0 Å². The molecule has 0 saturated carbocycles. The number of benzene rings is 2. The molecule has 0 bridgehead atoms. The lowest BCUT2D eigenvalue weighted by Gasteiger charge is -2.02. The molecule has 0 saturated heterocycles. The average Bonchev–Trinajstić information content (AvgIpc) is 2.20. The number of phenolic OH excluding ortho intramolecular Hbond substituents is 1. The molecule has 0 heterocycles. The van der Waals surface area contributed by atoms with Crippen LogP contribution in [-0.2, 0) is 6.42 Å². The van der Waals surface area contributed by atoms with Crippen LogP contribution < -0.4 is 0 Å². The van der Waals surface area contributed by atoms with Crippen LogP contribution in [-0.4, -0.2) is 5.11 Å². The summed E-state index contributed by atoms with van der Waals surface area (Å²) in [5, 5.41) is 19.9. The Morgan fingerprint density at radius 1 is 1.21 bits per heavy atom. The fraction of sp³-hybridized carbons (Fsp3) is 0.0833. The molecule has 2 aromatic rings. The second-order valence-corrected chi connectivity index (χ2v) is 3.17. The van der Waals surface area contributed by atoms with E-state index in [1.54, 1.807) is 6.07 Å². The van der Waals surface area contributed by atoms with Gasteiger partial charge >= 0.3 is 0 Å². The van der Waals surface area contributed by atoms with Crippen LogP contribution in [0.2, 0.25) is 0 Å². The minimum absolute atomic E-state index is 0.266. The van der Waals surface area contributed by atoms with Crippen molar-refractivity contribution in [3.8, 4) is 11.8 Å². The Labute approximate surface area is 82.0 Å². The largest absolute Gasteiger partial charge is 0.507 e. The molecule has 2 heteroatoms. The van der Waals surface area contributed by atoms with E-state index in [1.807, 2.05) is 30.3 Å². The highest BCUT2D eigenvalue weighted by Crippen LogP contribution is 2.25. The van der Waals surface area contributed by atoms with Crippen LogP contribution in [0.25, 0.3) is 10.8 Å². The van der Waals surface area contributed by atoms with E-state index in [4.69, 9.17) is 5.26 Å². The molecule has 14 heavy (non-hydrogen) atoms. The molecule has 0 spiro atoms. The first-order valence-corrected chi connectivity index (χ1v) is 4.39. The number of nitriles is 1. The number of phenols is 1. The molecule has 68 valence electrons. The van der Waals surface area contributed by atoms with Gasteiger partial charge in [0.2, 0.25) is 0 Å².